The van der Waals surface area contributed by atoms with Crippen molar-refractivity contribution >= 4 is 11.9 Å². The van der Waals surface area contributed by atoms with Gasteiger partial charge in [-0.1, -0.05) is 0 Å². The van der Waals surface area contributed by atoms with E-state index in [0.29, 0.717) is 11.6 Å². The number of carbonyl (C=O) groups is 1. The minimum Gasteiger partial charge on any atom is -0.349 e. The first-order valence-corrected chi connectivity index (χ1v) is 6.21. The van der Waals surface area contributed by atoms with E-state index in [-0.39, 0.29) is 5.91 Å². The Morgan fingerprint density at radius 1 is 1.24 bits per heavy atom. The SMILES string of the molecule is O=C(NC1CC1)c1cnc(N2CCCC2)nc1. The molecule has 0 unspecified atom stereocenters. The van der Waals surface area contributed by atoms with Crippen LogP contribution >= 0.6 is 0 Å². The number of nitrogens with one attached hydrogen (secondary N) is 1. The van der Waals surface area contributed by atoms with E-state index in [4.69, 9.17) is 0 Å². The maximum Gasteiger partial charge on any atom is 0.254 e. The predicted molar refractivity (Wildman–Crippen MR) is 64.0 cm³/mol. The van der Waals surface area contributed by atoms with Crippen molar-refractivity contribution in [2.75, 3.05) is 18.0 Å². The molecule has 2 aliphatic rings. The van der Waals surface area contributed by atoms with E-state index in [1.54, 1.807) is 12.4 Å². The molecule has 1 aliphatic heterocycles. The molecule has 1 amide bonds. The number of nitrogens with zero attached hydrogens (tertiary/aromatic N) is 3. The number of aromatic nitrogens is 2. The van der Waals surface area contributed by atoms with Crippen molar-refractivity contribution < 1.29 is 4.79 Å². The first kappa shape index (κ1) is 10.5. The highest BCUT2D eigenvalue weighted by atomic mass is 16.1. The Kier molecular flexibility index (Phi) is 2.66. The molecule has 3 rings (SSSR count). The van der Waals surface area contributed by atoms with Gasteiger partial charge >= 0.3 is 0 Å². The summed E-state index contributed by atoms with van der Waals surface area (Å²) in [7, 11) is 0. The predicted octanol–water partition coefficient (Wildman–Crippen LogP) is 0.969. The summed E-state index contributed by atoms with van der Waals surface area (Å²) in [6.07, 6.45) is 7.84. The van der Waals surface area contributed by atoms with Gasteiger partial charge in [0.15, 0.2) is 0 Å². The molecule has 2 fully saturated rings. The van der Waals surface area contributed by atoms with Gasteiger partial charge < -0.3 is 10.2 Å². The average Bonchev–Trinajstić information content (AvgIpc) is 3.00. The number of rotatable bonds is 3. The van der Waals surface area contributed by atoms with Crippen LogP contribution in [0, 0.1) is 0 Å². The Bertz CT molecular complexity index is 407. The van der Waals surface area contributed by atoms with Gasteiger partial charge in [0, 0.05) is 31.5 Å². The molecule has 0 aromatic carbocycles. The lowest BCUT2D eigenvalue weighted by Gasteiger charge is -2.14. The monoisotopic (exact) mass is 232 g/mol. The Hall–Kier alpha value is -1.65. The van der Waals surface area contributed by atoms with Gasteiger partial charge in [0.1, 0.15) is 0 Å². The van der Waals surface area contributed by atoms with Gasteiger partial charge in [-0.05, 0) is 25.7 Å². The molecule has 2 heterocycles. The summed E-state index contributed by atoms with van der Waals surface area (Å²) >= 11 is 0. The highest BCUT2D eigenvalue weighted by Crippen LogP contribution is 2.19. The molecule has 90 valence electrons. The molecule has 0 spiro atoms. The van der Waals surface area contributed by atoms with E-state index in [9.17, 15) is 4.79 Å². The maximum absolute atomic E-state index is 11.7. The summed E-state index contributed by atoms with van der Waals surface area (Å²) in [5.74, 6) is 0.686. The van der Waals surface area contributed by atoms with Crippen molar-refractivity contribution in [2.24, 2.45) is 0 Å². The van der Waals surface area contributed by atoms with Crippen LogP contribution in [0.25, 0.3) is 0 Å². The third kappa shape index (κ3) is 2.38. The molecule has 1 aromatic heterocycles. The van der Waals surface area contributed by atoms with Crippen LogP contribution in [0.4, 0.5) is 5.95 Å². The Balaban J connectivity index is 1.67. The Morgan fingerprint density at radius 2 is 1.88 bits per heavy atom. The van der Waals surface area contributed by atoms with Gasteiger partial charge in [-0.2, -0.15) is 0 Å². The number of hydrogen-bond acceptors (Lipinski definition) is 4. The molecule has 1 saturated heterocycles. The molecule has 1 aliphatic carbocycles. The van der Waals surface area contributed by atoms with Crippen LogP contribution in [0.3, 0.4) is 0 Å². The molecule has 1 aromatic rings. The van der Waals surface area contributed by atoms with Crippen molar-refractivity contribution in [3.63, 3.8) is 0 Å². The first-order chi connectivity index (χ1) is 8.33. The summed E-state index contributed by atoms with van der Waals surface area (Å²) in [5, 5.41) is 2.93. The quantitative estimate of drug-likeness (QED) is 0.843. The minimum absolute atomic E-state index is 0.0551. The van der Waals surface area contributed by atoms with Crippen LogP contribution in [0.5, 0.6) is 0 Å². The first-order valence-electron chi connectivity index (χ1n) is 6.21. The second kappa shape index (κ2) is 4.31. The molecule has 1 N–H and O–H groups in total. The van der Waals surface area contributed by atoms with Gasteiger partial charge in [-0.25, -0.2) is 9.97 Å². The summed E-state index contributed by atoms with van der Waals surface area (Å²) in [6.45, 7) is 2.04. The van der Waals surface area contributed by atoms with Crippen LogP contribution in [-0.2, 0) is 0 Å². The van der Waals surface area contributed by atoms with Crippen molar-refractivity contribution in [3.05, 3.63) is 18.0 Å². The summed E-state index contributed by atoms with van der Waals surface area (Å²) in [4.78, 5) is 22.4. The number of hydrogen-bond donors (Lipinski definition) is 1. The lowest BCUT2D eigenvalue weighted by molar-refractivity contribution is 0.0950. The zero-order valence-electron chi connectivity index (χ0n) is 9.72. The lowest BCUT2D eigenvalue weighted by atomic mass is 10.3. The molecule has 0 radical (unpaired) electrons. The summed E-state index contributed by atoms with van der Waals surface area (Å²) in [6, 6.07) is 0.376. The molecule has 5 nitrogen and oxygen atoms in total. The molecule has 5 heteroatoms. The van der Waals surface area contributed by atoms with Gasteiger partial charge in [0.25, 0.3) is 5.91 Å². The van der Waals surface area contributed by atoms with Gasteiger partial charge in [-0.3, -0.25) is 4.79 Å². The van der Waals surface area contributed by atoms with Gasteiger partial charge in [0.05, 0.1) is 5.56 Å². The summed E-state index contributed by atoms with van der Waals surface area (Å²) < 4.78 is 0. The number of carbonyl (C=O) groups excluding carboxylic acids is 1. The van der Waals surface area contributed by atoms with Crippen molar-refractivity contribution in [3.8, 4) is 0 Å². The highest BCUT2D eigenvalue weighted by Gasteiger charge is 2.24. The molecular weight excluding hydrogens is 216 g/mol. The molecule has 0 bridgehead atoms. The second-order valence-electron chi connectivity index (χ2n) is 4.71. The standard InChI is InChI=1S/C12H16N4O/c17-11(15-10-3-4-10)9-7-13-12(14-8-9)16-5-1-2-6-16/h7-8,10H,1-6H2,(H,15,17). The van der Waals surface area contributed by atoms with Crippen LogP contribution < -0.4 is 10.2 Å². The lowest BCUT2D eigenvalue weighted by Crippen LogP contribution is -2.26. The Labute approximate surface area is 100 Å². The van der Waals surface area contributed by atoms with E-state index in [1.165, 1.54) is 12.8 Å². The molecule has 0 atom stereocenters. The number of anilines is 1. The van der Waals surface area contributed by atoms with Crippen LogP contribution in [0.2, 0.25) is 0 Å². The van der Waals surface area contributed by atoms with Crippen LogP contribution in [0.1, 0.15) is 36.0 Å². The zero-order valence-corrected chi connectivity index (χ0v) is 9.72. The van der Waals surface area contributed by atoms with Gasteiger partial charge in [-0.15, -0.1) is 0 Å². The van der Waals surface area contributed by atoms with Crippen LogP contribution in [0.15, 0.2) is 12.4 Å². The number of amides is 1. The molecular formula is C12H16N4O. The van der Waals surface area contributed by atoms with Crippen molar-refractivity contribution in [2.45, 2.75) is 31.7 Å². The zero-order chi connectivity index (χ0) is 11.7. The maximum atomic E-state index is 11.7. The van der Waals surface area contributed by atoms with E-state index >= 15 is 0 Å². The van der Waals surface area contributed by atoms with E-state index in [0.717, 1.165) is 31.9 Å². The fourth-order valence-electron chi connectivity index (χ4n) is 2.02. The second-order valence-corrected chi connectivity index (χ2v) is 4.71. The fraction of sp³-hybridized carbons (Fsp3) is 0.583. The smallest absolute Gasteiger partial charge is 0.254 e. The molecule has 1 saturated carbocycles. The topological polar surface area (TPSA) is 58.1 Å². The highest BCUT2D eigenvalue weighted by molar-refractivity contribution is 5.94. The molecule has 17 heavy (non-hydrogen) atoms. The largest absolute Gasteiger partial charge is 0.349 e. The average molecular weight is 232 g/mol. The van der Waals surface area contributed by atoms with Crippen molar-refractivity contribution in [1.29, 1.82) is 0 Å². The Morgan fingerprint density at radius 3 is 2.47 bits per heavy atom. The third-order valence-electron chi connectivity index (χ3n) is 3.20. The van der Waals surface area contributed by atoms with Gasteiger partial charge in [0.2, 0.25) is 5.95 Å². The van der Waals surface area contributed by atoms with Crippen LogP contribution in [-0.4, -0.2) is 35.0 Å². The van der Waals surface area contributed by atoms with E-state index < -0.39 is 0 Å². The fourth-order valence-corrected chi connectivity index (χ4v) is 2.02. The normalized spacial score (nSPS) is 19.4. The van der Waals surface area contributed by atoms with E-state index in [1.807, 2.05) is 0 Å². The van der Waals surface area contributed by atoms with E-state index in [2.05, 4.69) is 20.2 Å². The summed E-state index contributed by atoms with van der Waals surface area (Å²) in [5.41, 5.74) is 0.555. The minimum atomic E-state index is -0.0551. The van der Waals surface area contributed by atoms with Crippen molar-refractivity contribution in [1.82, 2.24) is 15.3 Å². The third-order valence-corrected chi connectivity index (χ3v) is 3.20.